The van der Waals surface area contributed by atoms with Gasteiger partial charge >= 0.3 is 5.97 Å². The molecule has 90 valence electrons. The van der Waals surface area contributed by atoms with Crippen molar-refractivity contribution in [1.29, 1.82) is 0 Å². The molecule has 1 aromatic rings. The maximum Gasteiger partial charge on any atom is 0.306 e. The minimum Gasteiger partial charge on any atom is -0.461 e. The van der Waals surface area contributed by atoms with Crippen molar-refractivity contribution in [1.82, 2.24) is 5.32 Å². The van der Waals surface area contributed by atoms with Gasteiger partial charge in [0.05, 0.1) is 0 Å². The monoisotopic (exact) mass is 243 g/mol. The van der Waals surface area contributed by atoms with Crippen LogP contribution in [-0.4, -0.2) is 19.6 Å². The third-order valence-corrected chi connectivity index (χ3v) is 2.05. The summed E-state index contributed by atoms with van der Waals surface area (Å²) in [6.45, 7) is 1.22. The average Bonchev–Trinajstić information content (AvgIpc) is 2.28. The summed E-state index contributed by atoms with van der Waals surface area (Å²) in [5, 5.41) is 2.99. The summed E-state index contributed by atoms with van der Waals surface area (Å²) in [7, 11) is 1.87. The van der Waals surface area contributed by atoms with Crippen LogP contribution in [-0.2, 0) is 16.1 Å². The van der Waals surface area contributed by atoms with E-state index in [1.54, 1.807) is 0 Å². The average molecular weight is 244 g/mol. The molecule has 0 atom stereocenters. The minimum atomic E-state index is -0.130. The Bertz CT molecular complexity index is 290. The van der Waals surface area contributed by atoms with Crippen LogP contribution in [0.3, 0.4) is 0 Å². The summed E-state index contributed by atoms with van der Waals surface area (Å²) in [5.41, 5.74) is 1.03. The van der Waals surface area contributed by atoms with E-state index in [2.05, 4.69) is 5.32 Å². The molecule has 16 heavy (non-hydrogen) atoms. The number of halogens is 1. The molecule has 0 bridgehead atoms. The Kier molecular flexibility index (Phi) is 8.58. The molecule has 0 aliphatic heterocycles. The van der Waals surface area contributed by atoms with E-state index in [1.165, 1.54) is 0 Å². The topological polar surface area (TPSA) is 38.3 Å². The van der Waals surface area contributed by atoms with Gasteiger partial charge in [-0.15, -0.1) is 12.4 Å². The zero-order chi connectivity index (χ0) is 10.9. The minimum absolute atomic E-state index is 0. The van der Waals surface area contributed by atoms with Gasteiger partial charge in [-0.25, -0.2) is 0 Å². The van der Waals surface area contributed by atoms with Gasteiger partial charge in [-0.2, -0.15) is 0 Å². The van der Waals surface area contributed by atoms with Gasteiger partial charge in [0.25, 0.3) is 0 Å². The van der Waals surface area contributed by atoms with Crippen LogP contribution in [0.1, 0.15) is 18.4 Å². The van der Waals surface area contributed by atoms with E-state index in [9.17, 15) is 4.79 Å². The molecule has 1 rings (SSSR count). The number of carbonyl (C=O) groups is 1. The lowest BCUT2D eigenvalue weighted by Crippen LogP contribution is -2.11. The van der Waals surface area contributed by atoms with Gasteiger partial charge < -0.3 is 10.1 Å². The van der Waals surface area contributed by atoms with E-state index < -0.39 is 0 Å². The van der Waals surface area contributed by atoms with E-state index in [-0.39, 0.29) is 18.4 Å². The molecular weight excluding hydrogens is 226 g/mol. The van der Waals surface area contributed by atoms with Crippen molar-refractivity contribution in [3.63, 3.8) is 0 Å². The second kappa shape index (κ2) is 9.19. The van der Waals surface area contributed by atoms with Crippen LogP contribution in [0.15, 0.2) is 30.3 Å². The normalized spacial score (nSPS) is 9.31. The Morgan fingerprint density at radius 2 is 2.00 bits per heavy atom. The third-order valence-electron chi connectivity index (χ3n) is 2.05. The molecule has 0 saturated carbocycles. The zero-order valence-electron chi connectivity index (χ0n) is 9.44. The molecule has 4 heteroatoms. The molecule has 0 radical (unpaired) electrons. The molecule has 0 saturated heterocycles. The Labute approximate surface area is 103 Å². The van der Waals surface area contributed by atoms with Crippen molar-refractivity contribution >= 4 is 18.4 Å². The molecule has 0 heterocycles. The number of rotatable bonds is 6. The fourth-order valence-corrected chi connectivity index (χ4v) is 1.22. The molecule has 0 fully saturated rings. The molecule has 1 N–H and O–H groups in total. The van der Waals surface area contributed by atoms with Crippen LogP contribution in [0.5, 0.6) is 0 Å². The van der Waals surface area contributed by atoms with Gasteiger partial charge in [0.15, 0.2) is 0 Å². The number of carbonyl (C=O) groups excluding carboxylic acids is 1. The summed E-state index contributed by atoms with van der Waals surface area (Å²) in [4.78, 5) is 11.2. The quantitative estimate of drug-likeness (QED) is 0.615. The highest BCUT2D eigenvalue weighted by molar-refractivity contribution is 5.85. The highest BCUT2D eigenvalue weighted by atomic mass is 35.5. The van der Waals surface area contributed by atoms with Crippen molar-refractivity contribution in [3.05, 3.63) is 35.9 Å². The first-order valence-electron chi connectivity index (χ1n) is 5.17. The van der Waals surface area contributed by atoms with Crippen molar-refractivity contribution < 1.29 is 9.53 Å². The maximum atomic E-state index is 11.2. The van der Waals surface area contributed by atoms with Gasteiger partial charge in [0.2, 0.25) is 0 Å². The molecular formula is C12H18ClNO2. The van der Waals surface area contributed by atoms with E-state index >= 15 is 0 Å². The SMILES string of the molecule is CNCCCC(=O)OCc1ccccc1.Cl. The Morgan fingerprint density at radius 3 is 2.62 bits per heavy atom. The van der Waals surface area contributed by atoms with Crippen molar-refractivity contribution in [3.8, 4) is 0 Å². The number of hydrogen-bond donors (Lipinski definition) is 1. The standard InChI is InChI=1S/C12H17NO2.ClH/c1-13-9-5-8-12(14)15-10-11-6-3-2-4-7-11;/h2-4,6-7,13H,5,8-10H2,1H3;1H. The maximum absolute atomic E-state index is 11.2. The summed E-state index contributed by atoms with van der Waals surface area (Å²) in [6, 6.07) is 9.70. The number of esters is 1. The fourth-order valence-electron chi connectivity index (χ4n) is 1.22. The number of nitrogens with one attached hydrogen (secondary N) is 1. The molecule has 0 spiro atoms. The highest BCUT2D eigenvalue weighted by Crippen LogP contribution is 2.02. The first-order valence-corrected chi connectivity index (χ1v) is 5.17. The van der Waals surface area contributed by atoms with E-state index in [4.69, 9.17) is 4.74 Å². The van der Waals surface area contributed by atoms with Crippen LogP contribution in [0, 0.1) is 0 Å². The number of hydrogen-bond acceptors (Lipinski definition) is 3. The molecule has 0 amide bonds. The van der Waals surface area contributed by atoms with Crippen molar-refractivity contribution in [2.45, 2.75) is 19.4 Å². The summed E-state index contributed by atoms with van der Waals surface area (Å²) in [5.74, 6) is -0.130. The van der Waals surface area contributed by atoms with Gasteiger partial charge in [-0.1, -0.05) is 30.3 Å². The first-order chi connectivity index (χ1) is 7.33. The van der Waals surface area contributed by atoms with Crippen LogP contribution >= 0.6 is 12.4 Å². The molecule has 0 aliphatic rings. The predicted octanol–water partition coefficient (Wildman–Crippen LogP) is 2.15. The first kappa shape index (κ1) is 14.9. The van der Waals surface area contributed by atoms with Crippen LogP contribution < -0.4 is 5.32 Å². The smallest absolute Gasteiger partial charge is 0.306 e. The lowest BCUT2D eigenvalue weighted by molar-refractivity contribution is -0.145. The Morgan fingerprint density at radius 1 is 1.31 bits per heavy atom. The number of benzene rings is 1. The third kappa shape index (κ3) is 6.43. The van der Waals surface area contributed by atoms with Crippen molar-refractivity contribution in [2.75, 3.05) is 13.6 Å². The summed E-state index contributed by atoms with van der Waals surface area (Å²) in [6.07, 6.45) is 1.30. The molecule has 1 aromatic carbocycles. The zero-order valence-corrected chi connectivity index (χ0v) is 10.3. The van der Waals surface area contributed by atoms with Gasteiger partial charge in [-0.3, -0.25) is 4.79 Å². The molecule has 3 nitrogen and oxygen atoms in total. The summed E-state index contributed by atoms with van der Waals surface area (Å²) < 4.78 is 5.11. The molecule has 0 aliphatic carbocycles. The van der Waals surface area contributed by atoms with Gasteiger partial charge in [0, 0.05) is 6.42 Å². The Balaban J connectivity index is 0.00000225. The second-order valence-electron chi connectivity index (χ2n) is 3.35. The lowest BCUT2D eigenvalue weighted by Gasteiger charge is -2.04. The Hall–Kier alpha value is -1.06. The largest absolute Gasteiger partial charge is 0.461 e. The number of ether oxygens (including phenoxy) is 1. The molecule has 0 aromatic heterocycles. The van der Waals surface area contributed by atoms with Crippen LogP contribution in [0.25, 0.3) is 0 Å². The second-order valence-corrected chi connectivity index (χ2v) is 3.35. The van der Waals surface area contributed by atoms with E-state index in [0.717, 1.165) is 18.5 Å². The van der Waals surface area contributed by atoms with E-state index in [0.29, 0.717) is 13.0 Å². The van der Waals surface area contributed by atoms with Gasteiger partial charge in [-0.05, 0) is 25.6 Å². The van der Waals surface area contributed by atoms with Crippen LogP contribution in [0.2, 0.25) is 0 Å². The van der Waals surface area contributed by atoms with Gasteiger partial charge in [0.1, 0.15) is 6.61 Å². The fraction of sp³-hybridized carbons (Fsp3) is 0.417. The van der Waals surface area contributed by atoms with Crippen LogP contribution in [0.4, 0.5) is 0 Å². The highest BCUT2D eigenvalue weighted by Gasteiger charge is 2.01. The lowest BCUT2D eigenvalue weighted by atomic mass is 10.2. The predicted molar refractivity (Wildman–Crippen MR) is 66.6 cm³/mol. The molecule has 0 unspecified atom stereocenters. The summed E-state index contributed by atoms with van der Waals surface area (Å²) >= 11 is 0. The van der Waals surface area contributed by atoms with E-state index in [1.807, 2.05) is 37.4 Å². The van der Waals surface area contributed by atoms with Crippen molar-refractivity contribution in [2.24, 2.45) is 0 Å².